The van der Waals surface area contributed by atoms with Gasteiger partial charge in [0, 0.05) is 20.6 Å². The molecule has 6 heteroatoms. The van der Waals surface area contributed by atoms with Gasteiger partial charge >= 0.3 is 5.97 Å². The van der Waals surface area contributed by atoms with Gasteiger partial charge in [-0.2, -0.15) is 0 Å². The molecule has 0 aliphatic rings. The zero-order chi connectivity index (χ0) is 14.6. The van der Waals surface area contributed by atoms with Crippen molar-refractivity contribution in [1.29, 1.82) is 0 Å². The highest BCUT2D eigenvalue weighted by Gasteiger charge is 2.14. The van der Waals surface area contributed by atoms with Crippen molar-refractivity contribution in [2.75, 3.05) is 37.8 Å². The number of nitrogens with two attached hydrogens (primary N) is 1. The van der Waals surface area contributed by atoms with Gasteiger partial charge in [-0.3, -0.25) is 4.79 Å². The van der Waals surface area contributed by atoms with Crippen molar-refractivity contribution in [3.63, 3.8) is 0 Å². The lowest BCUT2D eigenvalue weighted by Gasteiger charge is -2.23. The van der Waals surface area contributed by atoms with Crippen LogP contribution in [0.15, 0.2) is 18.2 Å². The number of nitrogen functional groups attached to an aromatic ring is 1. The number of aromatic carboxylic acids is 1. The number of anilines is 2. The normalized spacial score (nSPS) is 10.1. The summed E-state index contributed by atoms with van der Waals surface area (Å²) in [6, 6.07) is 4.47. The molecule has 0 aliphatic heterocycles. The molecule has 0 radical (unpaired) electrons. The molecular formula is C13H19N3O3. The van der Waals surface area contributed by atoms with Crippen molar-refractivity contribution < 1.29 is 14.7 Å². The quantitative estimate of drug-likeness (QED) is 0.772. The molecule has 1 amide bonds. The van der Waals surface area contributed by atoms with Crippen LogP contribution in [-0.2, 0) is 4.79 Å². The van der Waals surface area contributed by atoms with E-state index in [-0.39, 0.29) is 18.0 Å². The van der Waals surface area contributed by atoms with Crippen LogP contribution < -0.4 is 10.6 Å². The Bertz CT molecular complexity index is 488. The second kappa shape index (κ2) is 6.08. The third-order valence-corrected chi connectivity index (χ3v) is 2.96. The summed E-state index contributed by atoms with van der Waals surface area (Å²) >= 11 is 0. The number of nitrogens with zero attached hydrogens (tertiary/aromatic N) is 2. The molecule has 1 aromatic rings. The minimum Gasteiger partial charge on any atom is -0.478 e. The van der Waals surface area contributed by atoms with Gasteiger partial charge in [0.15, 0.2) is 0 Å². The van der Waals surface area contributed by atoms with Crippen LogP contribution in [0.1, 0.15) is 17.3 Å². The van der Waals surface area contributed by atoms with E-state index in [1.165, 1.54) is 12.1 Å². The molecule has 0 spiro atoms. The molecule has 1 aromatic carbocycles. The highest BCUT2D eigenvalue weighted by Crippen LogP contribution is 2.23. The van der Waals surface area contributed by atoms with Crippen LogP contribution in [0.5, 0.6) is 0 Å². The Labute approximate surface area is 112 Å². The summed E-state index contributed by atoms with van der Waals surface area (Å²) in [5.74, 6) is -1.05. The van der Waals surface area contributed by atoms with Crippen LogP contribution >= 0.6 is 0 Å². The van der Waals surface area contributed by atoms with Crippen molar-refractivity contribution in [3.05, 3.63) is 23.8 Å². The van der Waals surface area contributed by atoms with Crippen LogP contribution in [0.25, 0.3) is 0 Å². The molecule has 0 aromatic heterocycles. The maximum absolute atomic E-state index is 11.8. The fraction of sp³-hybridized carbons (Fsp3) is 0.385. The third kappa shape index (κ3) is 3.61. The molecule has 104 valence electrons. The number of carboxylic acids is 1. The van der Waals surface area contributed by atoms with Crippen LogP contribution in [0.3, 0.4) is 0 Å². The SMILES string of the molecule is CCN(C)C(=O)CN(C)c1ccc(C(=O)O)cc1N. The van der Waals surface area contributed by atoms with Gasteiger partial charge in [0.05, 0.1) is 23.5 Å². The lowest BCUT2D eigenvalue weighted by molar-refractivity contribution is -0.128. The van der Waals surface area contributed by atoms with Crippen molar-refractivity contribution in [2.24, 2.45) is 0 Å². The number of carbonyl (C=O) groups is 2. The molecule has 1 rings (SSSR count). The van der Waals surface area contributed by atoms with E-state index in [1.54, 1.807) is 30.0 Å². The van der Waals surface area contributed by atoms with E-state index in [4.69, 9.17) is 10.8 Å². The Balaban J connectivity index is 2.86. The summed E-state index contributed by atoms with van der Waals surface area (Å²) in [5, 5.41) is 8.86. The number of rotatable bonds is 5. The second-order valence-corrected chi connectivity index (χ2v) is 4.34. The fourth-order valence-electron chi connectivity index (χ4n) is 1.62. The monoisotopic (exact) mass is 265 g/mol. The first-order valence-electron chi connectivity index (χ1n) is 5.94. The first-order valence-corrected chi connectivity index (χ1v) is 5.94. The number of carbonyl (C=O) groups excluding carboxylic acids is 1. The molecule has 0 fully saturated rings. The first kappa shape index (κ1) is 14.8. The summed E-state index contributed by atoms with van der Waals surface area (Å²) < 4.78 is 0. The zero-order valence-corrected chi connectivity index (χ0v) is 11.4. The van der Waals surface area contributed by atoms with Crippen LogP contribution in [0, 0.1) is 0 Å². The maximum Gasteiger partial charge on any atom is 0.335 e. The van der Waals surface area contributed by atoms with Crippen LogP contribution in [-0.4, -0.2) is 49.1 Å². The number of hydrogen-bond donors (Lipinski definition) is 2. The molecule has 19 heavy (non-hydrogen) atoms. The third-order valence-electron chi connectivity index (χ3n) is 2.96. The Kier molecular flexibility index (Phi) is 4.74. The van der Waals surface area contributed by atoms with Gasteiger partial charge in [-0.25, -0.2) is 4.79 Å². The van der Waals surface area contributed by atoms with E-state index in [2.05, 4.69) is 0 Å². The Morgan fingerprint density at radius 2 is 1.95 bits per heavy atom. The first-order chi connectivity index (χ1) is 8.86. The molecule has 0 aliphatic carbocycles. The van der Waals surface area contributed by atoms with Crippen molar-refractivity contribution in [2.45, 2.75) is 6.92 Å². The Hall–Kier alpha value is -2.24. The van der Waals surface area contributed by atoms with E-state index in [0.717, 1.165) is 0 Å². The van der Waals surface area contributed by atoms with Gasteiger partial charge in [0.2, 0.25) is 5.91 Å². The smallest absolute Gasteiger partial charge is 0.335 e. The van der Waals surface area contributed by atoms with Gasteiger partial charge in [-0.15, -0.1) is 0 Å². The summed E-state index contributed by atoms with van der Waals surface area (Å²) in [6.45, 7) is 2.73. The summed E-state index contributed by atoms with van der Waals surface area (Å²) in [6.07, 6.45) is 0. The minimum absolute atomic E-state index is 0.0216. The number of carboxylic acid groups (broad SMARTS) is 1. The molecule has 0 unspecified atom stereocenters. The number of benzene rings is 1. The molecule has 3 N–H and O–H groups in total. The van der Waals surface area contributed by atoms with Crippen LogP contribution in [0.4, 0.5) is 11.4 Å². The fourth-order valence-corrected chi connectivity index (χ4v) is 1.62. The standard InChI is InChI=1S/C13H19N3O3/c1-4-15(2)12(17)8-16(3)11-6-5-9(13(18)19)7-10(11)14/h5-7H,4,8,14H2,1-3H3,(H,18,19). The predicted molar refractivity (Wildman–Crippen MR) is 74.4 cm³/mol. The number of amides is 1. The molecule has 0 atom stereocenters. The van der Waals surface area contributed by atoms with Gasteiger partial charge in [-0.1, -0.05) is 0 Å². The zero-order valence-electron chi connectivity index (χ0n) is 11.4. The lowest BCUT2D eigenvalue weighted by Crippen LogP contribution is -2.36. The van der Waals surface area contributed by atoms with Gasteiger partial charge in [0.25, 0.3) is 0 Å². The summed E-state index contributed by atoms with van der Waals surface area (Å²) in [7, 11) is 3.47. The average Bonchev–Trinajstić information content (AvgIpc) is 2.37. The second-order valence-electron chi connectivity index (χ2n) is 4.34. The minimum atomic E-state index is -1.03. The molecule has 6 nitrogen and oxygen atoms in total. The number of hydrogen-bond acceptors (Lipinski definition) is 4. The van der Waals surface area contributed by atoms with E-state index in [0.29, 0.717) is 17.9 Å². The summed E-state index contributed by atoms with van der Waals surface area (Å²) in [4.78, 5) is 25.9. The average molecular weight is 265 g/mol. The Morgan fingerprint density at radius 1 is 1.32 bits per heavy atom. The molecule has 0 saturated carbocycles. The van der Waals surface area contributed by atoms with E-state index >= 15 is 0 Å². The molecular weight excluding hydrogens is 246 g/mol. The largest absolute Gasteiger partial charge is 0.478 e. The van der Waals surface area contributed by atoms with Crippen molar-refractivity contribution in [3.8, 4) is 0 Å². The van der Waals surface area contributed by atoms with Gasteiger partial charge < -0.3 is 20.6 Å². The summed E-state index contributed by atoms with van der Waals surface area (Å²) in [5.41, 5.74) is 6.93. The van der Waals surface area contributed by atoms with Crippen molar-refractivity contribution >= 4 is 23.3 Å². The van der Waals surface area contributed by atoms with Gasteiger partial charge in [0.1, 0.15) is 0 Å². The van der Waals surface area contributed by atoms with Gasteiger partial charge in [-0.05, 0) is 25.1 Å². The molecule has 0 saturated heterocycles. The molecule has 0 heterocycles. The van der Waals surface area contributed by atoms with E-state index in [1.807, 2.05) is 6.92 Å². The predicted octanol–water partition coefficient (Wildman–Crippen LogP) is 0.881. The van der Waals surface area contributed by atoms with E-state index < -0.39 is 5.97 Å². The van der Waals surface area contributed by atoms with Crippen molar-refractivity contribution in [1.82, 2.24) is 4.90 Å². The maximum atomic E-state index is 11.8. The highest BCUT2D eigenvalue weighted by atomic mass is 16.4. The topological polar surface area (TPSA) is 86.9 Å². The Morgan fingerprint density at radius 3 is 2.42 bits per heavy atom. The van der Waals surface area contributed by atoms with E-state index in [9.17, 15) is 9.59 Å². The lowest BCUT2D eigenvalue weighted by atomic mass is 10.1. The van der Waals surface area contributed by atoms with Crippen LogP contribution in [0.2, 0.25) is 0 Å². The number of likely N-dealkylation sites (N-methyl/N-ethyl adjacent to an activating group) is 2. The highest BCUT2D eigenvalue weighted by molar-refractivity contribution is 5.91. The molecule has 0 bridgehead atoms.